The largest absolute Gasteiger partial charge is 0.435 e. The maximum Gasteiger partial charge on any atom is 0.387 e. The van der Waals surface area contributed by atoms with Crippen LogP contribution in [0.2, 0.25) is 0 Å². The van der Waals surface area contributed by atoms with Crippen LogP contribution >= 0.6 is 0 Å². The smallest absolute Gasteiger partial charge is 0.387 e. The molecule has 0 amide bonds. The minimum absolute atomic E-state index is 0.0394. The van der Waals surface area contributed by atoms with Gasteiger partial charge in [-0.15, -0.1) is 0 Å². The Morgan fingerprint density at radius 1 is 1.03 bits per heavy atom. The van der Waals surface area contributed by atoms with Crippen LogP contribution in [0.3, 0.4) is 0 Å². The van der Waals surface area contributed by atoms with E-state index in [2.05, 4.69) is 14.2 Å². The minimum atomic E-state index is -3.46. The molecular formula is C19H17F4NO5S. The molecule has 0 heterocycles. The highest BCUT2D eigenvalue weighted by Gasteiger charge is 2.13. The number of ether oxygens (including phenoxy) is 2. The second-order valence-corrected chi connectivity index (χ2v) is 7.75. The van der Waals surface area contributed by atoms with Crippen LogP contribution in [0.5, 0.6) is 11.5 Å². The Labute approximate surface area is 170 Å². The SMILES string of the molecule is CCS(=O)(=O)Nc1ccc(C(=O)/C=C/c2ccc(OC(F)F)cc2OC(F)F)cc1. The first-order valence-corrected chi connectivity index (χ1v) is 10.1. The van der Waals surface area contributed by atoms with Gasteiger partial charge in [-0.3, -0.25) is 9.52 Å². The first-order valence-electron chi connectivity index (χ1n) is 8.46. The van der Waals surface area contributed by atoms with Crippen LogP contribution in [0, 0.1) is 0 Å². The quantitative estimate of drug-likeness (QED) is 0.328. The number of ketones is 1. The van der Waals surface area contributed by atoms with E-state index >= 15 is 0 Å². The Hall–Kier alpha value is -3.08. The zero-order chi connectivity index (χ0) is 22.3. The van der Waals surface area contributed by atoms with E-state index in [0.29, 0.717) is 0 Å². The van der Waals surface area contributed by atoms with Crippen LogP contribution in [-0.2, 0) is 10.0 Å². The van der Waals surface area contributed by atoms with Gasteiger partial charge in [-0.2, -0.15) is 17.6 Å². The number of nitrogens with one attached hydrogen (secondary N) is 1. The third kappa shape index (κ3) is 7.07. The summed E-state index contributed by atoms with van der Waals surface area (Å²) in [6.45, 7) is -4.88. The Bertz CT molecular complexity index is 1010. The highest BCUT2D eigenvalue weighted by Crippen LogP contribution is 2.28. The molecular weight excluding hydrogens is 430 g/mol. The van der Waals surface area contributed by atoms with Crippen molar-refractivity contribution in [1.82, 2.24) is 0 Å². The number of carbonyl (C=O) groups is 1. The van der Waals surface area contributed by atoms with Gasteiger partial charge in [0, 0.05) is 22.9 Å². The second-order valence-electron chi connectivity index (χ2n) is 5.74. The van der Waals surface area contributed by atoms with E-state index < -0.39 is 34.8 Å². The molecule has 0 aliphatic rings. The Kier molecular flexibility index (Phi) is 7.81. The van der Waals surface area contributed by atoms with E-state index in [9.17, 15) is 30.8 Å². The van der Waals surface area contributed by atoms with E-state index in [1.54, 1.807) is 0 Å². The van der Waals surface area contributed by atoms with E-state index in [0.717, 1.165) is 18.2 Å². The van der Waals surface area contributed by atoms with Crippen molar-refractivity contribution >= 4 is 27.6 Å². The number of hydrogen-bond donors (Lipinski definition) is 1. The summed E-state index contributed by atoms with van der Waals surface area (Å²) < 4.78 is 83.6. The topological polar surface area (TPSA) is 81.7 Å². The predicted molar refractivity (Wildman–Crippen MR) is 103 cm³/mol. The number of halogens is 4. The summed E-state index contributed by atoms with van der Waals surface area (Å²) in [5.41, 5.74) is 0.525. The number of alkyl halides is 4. The summed E-state index contributed by atoms with van der Waals surface area (Å²) in [6.07, 6.45) is 2.26. The Morgan fingerprint density at radius 2 is 1.67 bits per heavy atom. The molecule has 30 heavy (non-hydrogen) atoms. The van der Waals surface area contributed by atoms with Crippen LogP contribution in [0.15, 0.2) is 48.5 Å². The van der Waals surface area contributed by atoms with E-state index in [4.69, 9.17) is 0 Å². The van der Waals surface area contributed by atoms with Gasteiger partial charge in [0.2, 0.25) is 10.0 Å². The van der Waals surface area contributed by atoms with E-state index in [-0.39, 0.29) is 28.3 Å². The molecule has 1 N–H and O–H groups in total. The van der Waals surface area contributed by atoms with Gasteiger partial charge in [0.1, 0.15) is 11.5 Å². The number of carbonyl (C=O) groups excluding carboxylic acids is 1. The summed E-state index contributed by atoms with van der Waals surface area (Å²) in [5, 5.41) is 0. The molecule has 0 fully saturated rings. The first-order chi connectivity index (χ1) is 14.1. The molecule has 11 heteroatoms. The van der Waals surface area contributed by atoms with Crippen LogP contribution in [-0.4, -0.2) is 33.2 Å². The molecule has 0 radical (unpaired) electrons. The minimum Gasteiger partial charge on any atom is -0.435 e. The molecule has 2 rings (SSSR count). The molecule has 0 bridgehead atoms. The standard InChI is InChI=1S/C19H17F4NO5S/c1-2-30(26,27)24-14-7-3-12(4-8-14)16(25)10-6-13-5-9-15(28-18(20)21)11-17(13)29-19(22)23/h3-11,18-19,24H,2H2,1H3/b10-6+. The lowest BCUT2D eigenvalue weighted by Gasteiger charge is -2.11. The summed E-state index contributed by atoms with van der Waals surface area (Å²) in [5.74, 6) is -1.44. The molecule has 6 nitrogen and oxygen atoms in total. The normalized spacial score (nSPS) is 11.8. The van der Waals surface area contributed by atoms with Gasteiger partial charge < -0.3 is 9.47 Å². The third-order valence-electron chi connectivity index (χ3n) is 3.66. The first kappa shape index (κ1) is 23.2. The predicted octanol–water partition coefficient (Wildman–Crippen LogP) is 4.55. The van der Waals surface area contributed by atoms with Gasteiger partial charge in [0.25, 0.3) is 0 Å². The van der Waals surface area contributed by atoms with Gasteiger partial charge in [0.15, 0.2) is 5.78 Å². The fourth-order valence-corrected chi connectivity index (χ4v) is 2.88. The van der Waals surface area contributed by atoms with Crippen molar-refractivity contribution in [2.75, 3.05) is 10.5 Å². The molecule has 0 aromatic heterocycles. The zero-order valence-electron chi connectivity index (χ0n) is 15.5. The number of sulfonamides is 1. The summed E-state index contributed by atoms with van der Waals surface area (Å²) in [4.78, 5) is 12.3. The number of benzene rings is 2. The lowest BCUT2D eigenvalue weighted by molar-refractivity contribution is -0.0543. The molecule has 0 saturated carbocycles. The van der Waals surface area contributed by atoms with Crippen LogP contribution in [0.25, 0.3) is 6.08 Å². The average molecular weight is 447 g/mol. The van der Waals surface area contributed by atoms with Gasteiger partial charge in [-0.25, -0.2) is 8.42 Å². The van der Waals surface area contributed by atoms with E-state index in [1.807, 2.05) is 0 Å². The fourth-order valence-electron chi connectivity index (χ4n) is 2.24. The molecule has 0 spiro atoms. The van der Waals surface area contributed by atoms with Crippen LogP contribution < -0.4 is 14.2 Å². The van der Waals surface area contributed by atoms with Gasteiger partial charge in [0.05, 0.1) is 5.75 Å². The molecule has 2 aromatic rings. The van der Waals surface area contributed by atoms with Crippen molar-refractivity contribution < 1.29 is 40.2 Å². The Balaban J connectivity index is 2.18. The average Bonchev–Trinajstić information content (AvgIpc) is 2.66. The Morgan fingerprint density at radius 3 is 2.23 bits per heavy atom. The second kappa shape index (κ2) is 10.1. The molecule has 0 unspecified atom stereocenters. The molecule has 0 atom stereocenters. The molecule has 0 saturated heterocycles. The van der Waals surface area contributed by atoms with Crippen LogP contribution in [0.1, 0.15) is 22.8 Å². The number of rotatable bonds is 10. The molecule has 0 aliphatic carbocycles. The van der Waals surface area contributed by atoms with Crippen molar-refractivity contribution in [1.29, 1.82) is 0 Å². The molecule has 0 aliphatic heterocycles. The third-order valence-corrected chi connectivity index (χ3v) is 4.97. The fraction of sp³-hybridized carbons (Fsp3) is 0.211. The van der Waals surface area contributed by atoms with Gasteiger partial charge in [-0.05, 0) is 55.5 Å². The highest BCUT2D eigenvalue weighted by molar-refractivity contribution is 7.92. The van der Waals surface area contributed by atoms with Crippen molar-refractivity contribution in [3.8, 4) is 11.5 Å². The van der Waals surface area contributed by atoms with Gasteiger partial charge >= 0.3 is 13.2 Å². The van der Waals surface area contributed by atoms with Crippen molar-refractivity contribution in [2.24, 2.45) is 0 Å². The van der Waals surface area contributed by atoms with Crippen LogP contribution in [0.4, 0.5) is 23.2 Å². The lowest BCUT2D eigenvalue weighted by atomic mass is 10.1. The number of anilines is 1. The maximum atomic E-state index is 12.6. The summed E-state index contributed by atoms with van der Waals surface area (Å²) >= 11 is 0. The molecule has 2 aromatic carbocycles. The monoisotopic (exact) mass is 447 g/mol. The number of hydrogen-bond acceptors (Lipinski definition) is 5. The van der Waals surface area contributed by atoms with Crippen molar-refractivity contribution in [3.63, 3.8) is 0 Å². The van der Waals surface area contributed by atoms with E-state index in [1.165, 1.54) is 43.3 Å². The van der Waals surface area contributed by atoms with Crippen molar-refractivity contribution in [3.05, 3.63) is 59.7 Å². The zero-order valence-corrected chi connectivity index (χ0v) is 16.3. The highest BCUT2D eigenvalue weighted by atomic mass is 32.2. The maximum absolute atomic E-state index is 12.6. The molecule has 162 valence electrons. The summed E-state index contributed by atoms with van der Waals surface area (Å²) in [7, 11) is -3.46. The lowest BCUT2D eigenvalue weighted by Crippen LogP contribution is -2.14. The van der Waals surface area contributed by atoms with Crippen molar-refractivity contribution in [2.45, 2.75) is 20.1 Å². The number of allylic oxidation sites excluding steroid dienone is 1. The summed E-state index contributed by atoms with van der Waals surface area (Å²) in [6, 6.07) is 8.72. The van der Waals surface area contributed by atoms with Gasteiger partial charge in [-0.1, -0.05) is 0 Å².